The molecular formula is C15H16F2N2O4S2. The van der Waals surface area contributed by atoms with Crippen molar-refractivity contribution in [3.63, 3.8) is 0 Å². The van der Waals surface area contributed by atoms with E-state index in [1.165, 1.54) is 31.3 Å². The first kappa shape index (κ1) is 19.4. The quantitative estimate of drug-likeness (QED) is 0.844. The number of sulfonamides is 2. The van der Waals surface area contributed by atoms with Crippen molar-refractivity contribution in [3.8, 4) is 0 Å². The fourth-order valence-corrected chi connectivity index (χ4v) is 4.04. The van der Waals surface area contributed by atoms with Crippen LogP contribution in [0.2, 0.25) is 0 Å². The van der Waals surface area contributed by atoms with E-state index in [0.29, 0.717) is 11.6 Å². The predicted octanol–water partition coefficient (Wildman–Crippen LogP) is 1.99. The molecule has 0 fully saturated rings. The Bertz CT molecular complexity index is 991. The summed E-state index contributed by atoms with van der Waals surface area (Å²) in [5.41, 5.74) is 0.501. The van der Waals surface area contributed by atoms with Crippen LogP contribution in [0.3, 0.4) is 0 Å². The second-order valence-electron chi connectivity index (χ2n) is 5.39. The zero-order valence-corrected chi connectivity index (χ0v) is 15.0. The van der Waals surface area contributed by atoms with Crippen LogP contribution in [0, 0.1) is 11.6 Å². The Balaban J connectivity index is 2.35. The fraction of sp³-hybridized carbons (Fsp3) is 0.200. The summed E-state index contributed by atoms with van der Waals surface area (Å²) in [5.74, 6) is -2.41. The Morgan fingerprint density at radius 2 is 1.44 bits per heavy atom. The molecule has 0 heterocycles. The molecule has 0 aromatic heterocycles. The van der Waals surface area contributed by atoms with Crippen molar-refractivity contribution in [2.45, 2.75) is 22.8 Å². The van der Waals surface area contributed by atoms with Crippen molar-refractivity contribution in [1.82, 2.24) is 4.31 Å². The van der Waals surface area contributed by atoms with E-state index >= 15 is 0 Å². The molecule has 0 spiro atoms. The van der Waals surface area contributed by atoms with Gasteiger partial charge in [0.1, 0.15) is 0 Å². The van der Waals surface area contributed by atoms with Gasteiger partial charge in [-0.1, -0.05) is 12.1 Å². The lowest BCUT2D eigenvalue weighted by atomic mass is 10.1. The SMILES string of the molecule is CC(c1ccc(S(N)(=O)=O)cc1)N(C)S(=O)(=O)c1ccc(F)c(F)c1. The van der Waals surface area contributed by atoms with Crippen LogP contribution in [0.15, 0.2) is 52.3 Å². The minimum Gasteiger partial charge on any atom is -0.225 e. The minimum atomic E-state index is -4.08. The third kappa shape index (κ3) is 4.03. The molecule has 0 radical (unpaired) electrons. The van der Waals surface area contributed by atoms with Crippen LogP contribution >= 0.6 is 0 Å². The van der Waals surface area contributed by atoms with Crippen LogP contribution in [0.5, 0.6) is 0 Å². The number of nitrogens with two attached hydrogens (primary N) is 1. The maximum absolute atomic E-state index is 13.3. The topological polar surface area (TPSA) is 97.5 Å². The molecule has 0 saturated carbocycles. The lowest BCUT2D eigenvalue weighted by Crippen LogP contribution is -2.30. The van der Waals surface area contributed by atoms with Crippen LogP contribution in [-0.2, 0) is 20.0 Å². The van der Waals surface area contributed by atoms with E-state index in [-0.39, 0.29) is 9.79 Å². The fourth-order valence-electron chi connectivity index (χ4n) is 2.16. The van der Waals surface area contributed by atoms with Crippen molar-refractivity contribution >= 4 is 20.0 Å². The Kier molecular flexibility index (Phi) is 5.28. The van der Waals surface area contributed by atoms with Gasteiger partial charge in [-0.3, -0.25) is 0 Å². The molecule has 0 aliphatic rings. The zero-order valence-electron chi connectivity index (χ0n) is 13.3. The number of benzene rings is 2. The van der Waals surface area contributed by atoms with E-state index in [4.69, 9.17) is 5.14 Å². The molecule has 136 valence electrons. The number of hydrogen-bond acceptors (Lipinski definition) is 4. The largest absolute Gasteiger partial charge is 0.243 e. The second kappa shape index (κ2) is 6.79. The van der Waals surface area contributed by atoms with Crippen molar-refractivity contribution < 1.29 is 25.6 Å². The summed E-state index contributed by atoms with van der Waals surface area (Å²) in [6, 6.07) is 7.02. The van der Waals surface area contributed by atoms with Gasteiger partial charge in [-0.2, -0.15) is 4.31 Å². The monoisotopic (exact) mass is 390 g/mol. The normalized spacial score (nSPS) is 13.8. The first-order chi connectivity index (χ1) is 11.4. The van der Waals surface area contributed by atoms with Crippen molar-refractivity contribution in [3.05, 3.63) is 59.7 Å². The predicted molar refractivity (Wildman–Crippen MR) is 87.5 cm³/mol. The Morgan fingerprint density at radius 1 is 0.920 bits per heavy atom. The highest BCUT2D eigenvalue weighted by Crippen LogP contribution is 2.27. The molecule has 1 atom stereocenters. The van der Waals surface area contributed by atoms with Gasteiger partial charge in [0.2, 0.25) is 20.0 Å². The van der Waals surface area contributed by atoms with Crippen LogP contribution in [0.25, 0.3) is 0 Å². The van der Waals surface area contributed by atoms with Gasteiger partial charge in [-0.25, -0.2) is 30.8 Å². The van der Waals surface area contributed by atoms with E-state index in [9.17, 15) is 25.6 Å². The second-order valence-corrected chi connectivity index (χ2v) is 8.95. The van der Waals surface area contributed by atoms with E-state index in [2.05, 4.69) is 0 Å². The Labute approximate surface area is 145 Å². The average molecular weight is 390 g/mol. The van der Waals surface area contributed by atoms with Crippen LogP contribution in [0.1, 0.15) is 18.5 Å². The molecule has 0 aliphatic carbocycles. The summed E-state index contributed by atoms with van der Waals surface area (Å²) in [5, 5.41) is 5.01. The molecule has 2 aromatic carbocycles. The highest BCUT2D eigenvalue weighted by molar-refractivity contribution is 7.89. The molecule has 25 heavy (non-hydrogen) atoms. The minimum absolute atomic E-state index is 0.102. The summed E-state index contributed by atoms with van der Waals surface area (Å²) in [6.07, 6.45) is 0. The molecule has 2 rings (SSSR count). The molecule has 0 saturated heterocycles. The van der Waals surface area contributed by atoms with Gasteiger partial charge >= 0.3 is 0 Å². The number of hydrogen-bond donors (Lipinski definition) is 1. The molecule has 0 aliphatic heterocycles. The summed E-state index contributed by atoms with van der Waals surface area (Å²) in [6.45, 7) is 1.57. The van der Waals surface area contributed by atoms with Gasteiger partial charge in [-0.15, -0.1) is 0 Å². The average Bonchev–Trinajstić information content (AvgIpc) is 2.55. The smallest absolute Gasteiger partial charge is 0.225 e. The van der Waals surface area contributed by atoms with E-state index in [1.54, 1.807) is 6.92 Å². The highest BCUT2D eigenvalue weighted by atomic mass is 32.2. The highest BCUT2D eigenvalue weighted by Gasteiger charge is 2.27. The molecule has 10 heteroatoms. The molecule has 0 bridgehead atoms. The van der Waals surface area contributed by atoms with Crippen molar-refractivity contribution in [2.24, 2.45) is 5.14 Å². The first-order valence-electron chi connectivity index (χ1n) is 7.00. The van der Waals surface area contributed by atoms with Gasteiger partial charge in [0.05, 0.1) is 9.79 Å². The molecule has 2 aromatic rings. The number of rotatable bonds is 5. The Hall–Kier alpha value is -1.88. The van der Waals surface area contributed by atoms with Crippen molar-refractivity contribution in [2.75, 3.05) is 7.05 Å². The standard InChI is InChI=1S/C15H16F2N2O4S2/c1-10(11-3-5-12(6-4-11)24(18,20)21)19(2)25(22,23)13-7-8-14(16)15(17)9-13/h3-10H,1-2H3,(H2,18,20,21). The van der Waals surface area contributed by atoms with Crippen LogP contribution in [0.4, 0.5) is 8.78 Å². The van der Waals surface area contributed by atoms with Crippen molar-refractivity contribution in [1.29, 1.82) is 0 Å². The van der Waals surface area contributed by atoms with Gasteiger partial charge in [-0.05, 0) is 42.8 Å². The summed E-state index contributed by atoms with van der Waals surface area (Å²) >= 11 is 0. The molecule has 0 amide bonds. The van der Waals surface area contributed by atoms with Crippen LogP contribution < -0.4 is 5.14 Å². The zero-order chi connectivity index (χ0) is 19.0. The molecular weight excluding hydrogens is 374 g/mol. The number of primary sulfonamides is 1. The Morgan fingerprint density at radius 3 is 1.92 bits per heavy atom. The van der Waals surface area contributed by atoms with E-state index < -0.39 is 37.7 Å². The lowest BCUT2D eigenvalue weighted by molar-refractivity contribution is 0.397. The maximum atomic E-state index is 13.3. The molecule has 1 unspecified atom stereocenters. The summed E-state index contributed by atoms with van der Waals surface area (Å²) in [7, 11) is -6.65. The summed E-state index contributed by atoms with van der Waals surface area (Å²) in [4.78, 5) is -0.489. The lowest BCUT2D eigenvalue weighted by Gasteiger charge is -2.25. The third-order valence-electron chi connectivity index (χ3n) is 3.80. The van der Waals surface area contributed by atoms with Gasteiger partial charge in [0, 0.05) is 13.1 Å². The third-order valence-corrected chi connectivity index (χ3v) is 6.66. The van der Waals surface area contributed by atoms with Crippen LogP contribution in [-0.4, -0.2) is 28.2 Å². The van der Waals surface area contributed by atoms with E-state index in [1.807, 2.05) is 0 Å². The first-order valence-corrected chi connectivity index (χ1v) is 9.99. The summed E-state index contributed by atoms with van der Waals surface area (Å²) < 4.78 is 74.9. The van der Waals surface area contributed by atoms with Gasteiger partial charge in [0.15, 0.2) is 11.6 Å². The number of nitrogens with zero attached hydrogens (tertiary/aromatic N) is 1. The maximum Gasteiger partial charge on any atom is 0.243 e. The number of halogens is 2. The molecule has 6 nitrogen and oxygen atoms in total. The molecule has 2 N–H and O–H groups in total. The van der Waals surface area contributed by atoms with Gasteiger partial charge < -0.3 is 0 Å². The van der Waals surface area contributed by atoms with E-state index in [0.717, 1.165) is 16.4 Å². The van der Waals surface area contributed by atoms with Gasteiger partial charge in [0.25, 0.3) is 0 Å².